The van der Waals surface area contributed by atoms with Gasteiger partial charge in [-0.25, -0.2) is 4.79 Å². The van der Waals surface area contributed by atoms with Gasteiger partial charge >= 0.3 is 6.09 Å². The third-order valence-corrected chi connectivity index (χ3v) is 3.52. The molecule has 0 radical (unpaired) electrons. The Labute approximate surface area is 153 Å². The second kappa shape index (κ2) is 8.51. The number of carbonyl (C=O) groups is 2. The van der Waals surface area contributed by atoms with Crippen LogP contribution in [0.25, 0.3) is 0 Å². The van der Waals surface area contributed by atoms with Gasteiger partial charge in [0.2, 0.25) is 5.91 Å². The lowest BCUT2D eigenvalue weighted by atomic mass is 10.1. The lowest BCUT2D eigenvalue weighted by Gasteiger charge is -2.20. The molecule has 7 nitrogen and oxygen atoms in total. The van der Waals surface area contributed by atoms with Gasteiger partial charge in [0.1, 0.15) is 5.60 Å². The molecule has 0 aliphatic rings. The average molecular weight is 358 g/mol. The smallest absolute Gasteiger partial charge is 0.412 e. The summed E-state index contributed by atoms with van der Waals surface area (Å²) in [6.07, 6.45) is 3.92. The van der Waals surface area contributed by atoms with Gasteiger partial charge in [0, 0.05) is 37.5 Å². The number of hydrogen-bond acceptors (Lipinski definition) is 4. The maximum atomic E-state index is 12.1. The van der Waals surface area contributed by atoms with Crippen LogP contribution in [0, 0.1) is 0 Å². The third kappa shape index (κ3) is 6.58. The van der Waals surface area contributed by atoms with E-state index in [-0.39, 0.29) is 5.91 Å². The SMILES string of the molecule is Cn1cc(CNC(=O)CCc2ccccc2NC(=O)OC(C)(C)C)cn1. The fourth-order valence-corrected chi connectivity index (χ4v) is 2.37. The number of aromatic nitrogens is 2. The molecule has 0 aliphatic carbocycles. The number of ether oxygens (including phenoxy) is 1. The van der Waals surface area contributed by atoms with Crippen LogP contribution in [-0.4, -0.2) is 27.4 Å². The molecular weight excluding hydrogens is 332 g/mol. The molecule has 1 aromatic carbocycles. The molecule has 2 N–H and O–H groups in total. The molecule has 0 fully saturated rings. The van der Waals surface area contributed by atoms with E-state index in [0.29, 0.717) is 25.1 Å². The number of amides is 2. The number of aryl methyl sites for hydroxylation is 2. The summed E-state index contributed by atoms with van der Waals surface area (Å²) >= 11 is 0. The number of nitrogens with one attached hydrogen (secondary N) is 2. The number of hydrogen-bond donors (Lipinski definition) is 2. The summed E-state index contributed by atoms with van der Waals surface area (Å²) in [5, 5.41) is 9.68. The highest BCUT2D eigenvalue weighted by Crippen LogP contribution is 2.18. The quantitative estimate of drug-likeness (QED) is 0.831. The van der Waals surface area contributed by atoms with Crippen molar-refractivity contribution in [2.24, 2.45) is 7.05 Å². The van der Waals surface area contributed by atoms with Crippen molar-refractivity contribution >= 4 is 17.7 Å². The Morgan fingerprint density at radius 1 is 1.23 bits per heavy atom. The Kier molecular flexibility index (Phi) is 6.38. The summed E-state index contributed by atoms with van der Waals surface area (Å²) < 4.78 is 6.97. The van der Waals surface area contributed by atoms with Gasteiger partial charge in [0.15, 0.2) is 0 Å². The van der Waals surface area contributed by atoms with E-state index in [9.17, 15) is 9.59 Å². The minimum Gasteiger partial charge on any atom is -0.444 e. The van der Waals surface area contributed by atoms with Crippen LogP contribution >= 0.6 is 0 Å². The number of benzene rings is 1. The second-order valence-electron chi connectivity index (χ2n) is 7.08. The van der Waals surface area contributed by atoms with Gasteiger partial charge < -0.3 is 10.1 Å². The predicted molar refractivity (Wildman–Crippen MR) is 99.7 cm³/mol. The van der Waals surface area contributed by atoms with Crippen molar-refractivity contribution in [2.75, 3.05) is 5.32 Å². The Bertz CT molecular complexity index is 762. The second-order valence-corrected chi connectivity index (χ2v) is 7.08. The van der Waals surface area contributed by atoms with Crippen molar-refractivity contribution in [1.82, 2.24) is 15.1 Å². The molecule has 0 unspecified atom stereocenters. The van der Waals surface area contributed by atoms with Gasteiger partial charge in [-0.3, -0.25) is 14.8 Å². The molecule has 0 spiro atoms. The number of para-hydroxylation sites is 1. The lowest BCUT2D eigenvalue weighted by Crippen LogP contribution is -2.27. The first-order valence-electron chi connectivity index (χ1n) is 8.55. The number of anilines is 1. The zero-order valence-electron chi connectivity index (χ0n) is 15.7. The number of rotatable bonds is 6. The molecule has 1 heterocycles. The van der Waals surface area contributed by atoms with Crippen molar-refractivity contribution in [1.29, 1.82) is 0 Å². The number of carbonyl (C=O) groups excluding carboxylic acids is 2. The van der Waals surface area contributed by atoms with Crippen molar-refractivity contribution in [2.45, 2.75) is 45.8 Å². The fraction of sp³-hybridized carbons (Fsp3) is 0.421. The highest BCUT2D eigenvalue weighted by atomic mass is 16.6. The van der Waals surface area contributed by atoms with Crippen molar-refractivity contribution < 1.29 is 14.3 Å². The largest absolute Gasteiger partial charge is 0.444 e. The van der Waals surface area contributed by atoms with E-state index in [2.05, 4.69) is 15.7 Å². The molecule has 1 aromatic heterocycles. The van der Waals surface area contributed by atoms with Crippen LogP contribution in [-0.2, 0) is 29.5 Å². The highest BCUT2D eigenvalue weighted by molar-refractivity contribution is 5.86. The van der Waals surface area contributed by atoms with E-state index in [0.717, 1.165) is 11.1 Å². The molecule has 0 saturated heterocycles. The minimum absolute atomic E-state index is 0.0547. The minimum atomic E-state index is -0.564. The standard InChI is InChI=1S/C19H26N4O3/c1-19(2,3)26-18(25)22-16-8-6-5-7-15(16)9-10-17(24)20-11-14-12-21-23(4)13-14/h5-8,12-13H,9-11H2,1-4H3,(H,20,24)(H,22,25). The molecular formula is C19H26N4O3. The maximum absolute atomic E-state index is 12.1. The van der Waals surface area contributed by atoms with E-state index < -0.39 is 11.7 Å². The molecule has 140 valence electrons. The van der Waals surface area contributed by atoms with Crippen LogP contribution in [0.4, 0.5) is 10.5 Å². The van der Waals surface area contributed by atoms with E-state index >= 15 is 0 Å². The van der Waals surface area contributed by atoms with Gasteiger partial charge in [-0.05, 0) is 38.8 Å². The predicted octanol–water partition coefficient (Wildman–Crippen LogP) is 3.02. The van der Waals surface area contributed by atoms with Gasteiger partial charge in [-0.1, -0.05) is 18.2 Å². The number of nitrogens with zero attached hydrogens (tertiary/aromatic N) is 2. The Morgan fingerprint density at radius 2 is 1.96 bits per heavy atom. The van der Waals surface area contributed by atoms with Crippen LogP contribution in [0.3, 0.4) is 0 Å². The third-order valence-electron chi connectivity index (χ3n) is 3.52. The first-order valence-corrected chi connectivity index (χ1v) is 8.55. The van der Waals surface area contributed by atoms with Gasteiger partial charge in [-0.2, -0.15) is 5.10 Å². The van der Waals surface area contributed by atoms with Gasteiger partial charge in [0.05, 0.1) is 6.20 Å². The van der Waals surface area contributed by atoms with E-state index in [4.69, 9.17) is 4.74 Å². The van der Waals surface area contributed by atoms with E-state index in [1.807, 2.05) is 52.2 Å². The summed E-state index contributed by atoms with van der Waals surface area (Å²) in [6, 6.07) is 7.40. The van der Waals surface area contributed by atoms with E-state index in [1.165, 1.54) is 0 Å². The molecule has 2 amide bonds. The molecule has 26 heavy (non-hydrogen) atoms. The Balaban J connectivity index is 1.87. The summed E-state index contributed by atoms with van der Waals surface area (Å²) in [4.78, 5) is 24.0. The van der Waals surface area contributed by atoms with Crippen molar-refractivity contribution in [3.63, 3.8) is 0 Å². The van der Waals surface area contributed by atoms with Crippen LogP contribution in [0.15, 0.2) is 36.7 Å². The first-order chi connectivity index (χ1) is 12.2. The first kappa shape index (κ1) is 19.5. The van der Waals surface area contributed by atoms with Crippen molar-refractivity contribution in [3.8, 4) is 0 Å². The van der Waals surface area contributed by atoms with Gasteiger partial charge in [0.25, 0.3) is 0 Å². The zero-order chi connectivity index (χ0) is 19.2. The summed E-state index contributed by atoms with van der Waals surface area (Å²) in [5.74, 6) is -0.0547. The fourth-order valence-electron chi connectivity index (χ4n) is 2.37. The van der Waals surface area contributed by atoms with Crippen LogP contribution in [0.2, 0.25) is 0 Å². The molecule has 0 aliphatic heterocycles. The summed E-state index contributed by atoms with van der Waals surface area (Å²) in [5.41, 5.74) is 1.93. The van der Waals surface area contributed by atoms with Gasteiger partial charge in [-0.15, -0.1) is 0 Å². The zero-order valence-corrected chi connectivity index (χ0v) is 15.7. The Hall–Kier alpha value is -2.83. The van der Waals surface area contributed by atoms with E-state index in [1.54, 1.807) is 16.9 Å². The maximum Gasteiger partial charge on any atom is 0.412 e. The molecule has 2 aromatic rings. The van der Waals surface area contributed by atoms with Crippen LogP contribution in [0.1, 0.15) is 38.3 Å². The highest BCUT2D eigenvalue weighted by Gasteiger charge is 2.17. The lowest BCUT2D eigenvalue weighted by molar-refractivity contribution is -0.121. The monoisotopic (exact) mass is 358 g/mol. The molecule has 0 atom stereocenters. The molecule has 2 rings (SSSR count). The molecule has 7 heteroatoms. The van der Waals surface area contributed by atoms with Crippen LogP contribution < -0.4 is 10.6 Å². The summed E-state index contributed by atoms with van der Waals surface area (Å²) in [6.45, 7) is 5.88. The topological polar surface area (TPSA) is 85.2 Å². The Morgan fingerprint density at radius 3 is 2.62 bits per heavy atom. The van der Waals surface area contributed by atoms with Crippen molar-refractivity contribution in [3.05, 3.63) is 47.8 Å². The molecule has 0 bridgehead atoms. The summed E-state index contributed by atoms with van der Waals surface area (Å²) in [7, 11) is 1.83. The van der Waals surface area contributed by atoms with Crippen LogP contribution in [0.5, 0.6) is 0 Å². The normalized spacial score (nSPS) is 11.1. The average Bonchev–Trinajstić information content (AvgIpc) is 2.96. The molecule has 0 saturated carbocycles.